The van der Waals surface area contributed by atoms with E-state index in [1.165, 1.54) is 56.0 Å². The Morgan fingerprint density at radius 2 is 1.70 bits per heavy atom. The second kappa shape index (κ2) is 7.52. The van der Waals surface area contributed by atoms with Crippen molar-refractivity contribution in [3.8, 4) is 5.75 Å². The molecule has 1 aliphatic heterocycles. The third-order valence-electron chi connectivity index (χ3n) is 7.90. The largest absolute Gasteiger partial charge is 0.495 e. The molecule has 1 aromatic rings. The Morgan fingerprint density at radius 1 is 1.10 bits per heavy atom. The minimum Gasteiger partial charge on any atom is -0.495 e. The van der Waals surface area contributed by atoms with Gasteiger partial charge in [0.25, 0.3) is 5.91 Å². The first-order chi connectivity index (χ1) is 14.4. The van der Waals surface area contributed by atoms with Gasteiger partial charge in [0.05, 0.1) is 7.11 Å². The van der Waals surface area contributed by atoms with Gasteiger partial charge >= 0.3 is 0 Å². The van der Waals surface area contributed by atoms with Crippen molar-refractivity contribution >= 4 is 15.9 Å². The molecular formula is C23H32N2O4S. The Bertz CT molecular complexity index is 901. The highest BCUT2D eigenvalue weighted by Gasteiger charge is 2.50. The minimum absolute atomic E-state index is 0.0920. The molecule has 7 heteroatoms. The number of hydrogen-bond donors (Lipinski definition) is 1. The SMILES string of the molecule is COc1ccc(C(=O)NCC23CC4CC(CC(C4)C2)C3)cc1S(=O)(=O)N1CCCC1. The van der Waals surface area contributed by atoms with Gasteiger partial charge in [0.1, 0.15) is 10.6 Å². The Labute approximate surface area is 179 Å². The third kappa shape index (κ3) is 3.54. The van der Waals surface area contributed by atoms with E-state index in [0.717, 1.165) is 30.6 Å². The molecule has 1 N–H and O–H groups in total. The van der Waals surface area contributed by atoms with Crippen molar-refractivity contribution in [3.05, 3.63) is 23.8 Å². The van der Waals surface area contributed by atoms with Crippen LogP contribution in [0.25, 0.3) is 0 Å². The van der Waals surface area contributed by atoms with Gasteiger partial charge in [0.2, 0.25) is 10.0 Å². The summed E-state index contributed by atoms with van der Waals surface area (Å²) in [4.78, 5) is 13.1. The van der Waals surface area contributed by atoms with Gasteiger partial charge < -0.3 is 10.1 Å². The van der Waals surface area contributed by atoms with Gasteiger partial charge in [-0.25, -0.2) is 8.42 Å². The summed E-state index contributed by atoms with van der Waals surface area (Å²) < 4.78 is 33.0. The van der Waals surface area contributed by atoms with Gasteiger partial charge in [-0.1, -0.05) is 0 Å². The highest BCUT2D eigenvalue weighted by atomic mass is 32.2. The van der Waals surface area contributed by atoms with E-state index >= 15 is 0 Å². The van der Waals surface area contributed by atoms with Crippen LogP contribution in [-0.2, 0) is 10.0 Å². The molecule has 4 bridgehead atoms. The van der Waals surface area contributed by atoms with E-state index < -0.39 is 10.0 Å². The highest BCUT2D eigenvalue weighted by Crippen LogP contribution is 2.59. The number of carbonyl (C=O) groups is 1. The van der Waals surface area contributed by atoms with E-state index in [2.05, 4.69) is 5.32 Å². The smallest absolute Gasteiger partial charge is 0.251 e. The standard InChI is InChI=1S/C23H32N2O4S/c1-29-20-5-4-19(11-21(20)30(27,28)25-6-2-3-7-25)22(26)24-15-23-12-16-8-17(13-23)10-18(9-16)14-23/h4-5,11,16-18H,2-3,6-10,12-15H2,1H3,(H,24,26). The van der Waals surface area contributed by atoms with Crippen molar-refractivity contribution in [1.29, 1.82) is 0 Å². The lowest BCUT2D eigenvalue weighted by Gasteiger charge is -2.56. The van der Waals surface area contributed by atoms with E-state index in [9.17, 15) is 13.2 Å². The molecule has 1 aromatic carbocycles. The van der Waals surface area contributed by atoms with Crippen LogP contribution in [0.2, 0.25) is 0 Å². The van der Waals surface area contributed by atoms with Gasteiger partial charge in [-0.05, 0) is 92.7 Å². The molecule has 0 unspecified atom stereocenters. The predicted molar refractivity (Wildman–Crippen MR) is 114 cm³/mol. The molecular weight excluding hydrogens is 400 g/mol. The summed E-state index contributed by atoms with van der Waals surface area (Å²) >= 11 is 0. The van der Waals surface area contributed by atoms with Crippen LogP contribution in [0.15, 0.2) is 23.1 Å². The molecule has 0 aromatic heterocycles. The van der Waals surface area contributed by atoms with Crippen LogP contribution in [0.1, 0.15) is 61.7 Å². The first-order valence-corrected chi connectivity index (χ1v) is 12.8. The zero-order chi connectivity index (χ0) is 20.9. The molecule has 164 valence electrons. The number of nitrogens with zero attached hydrogens (tertiary/aromatic N) is 1. The Hall–Kier alpha value is -1.60. The van der Waals surface area contributed by atoms with Gasteiger partial charge in [0.15, 0.2) is 0 Å². The zero-order valence-corrected chi connectivity index (χ0v) is 18.5. The van der Waals surface area contributed by atoms with Crippen molar-refractivity contribution in [2.45, 2.75) is 56.3 Å². The van der Waals surface area contributed by atoms with Crippen LogP contribution < -0.4 is 10.1 Å². The first-order valence-electron chi connectivity index (χ1n) is 11.3. The molecule has 0 radical (unpaired) electrons. The number of ether oxygens (including phenoxy) is 1. The minimum atomic E-state index is -3.66. The average Bonchev–Trinajstić information content (AvgIpc) is 3.26. The number of nitrogens with one attached hydrogen (secondary N) is 1. The Balaban J connectivity index is 1.34. The van der Waals surface area contributed by atoms with Gasteiger partial charge in [-0.3, -0.25) is 4.79 Å². The molecule has 4 aliphatic carbocycles. The van der Waals surface area contributed by atoms with Crippen molar-refractivity contribution in [3.63, 3.8) is 0 Å². The Morgan fingerprint density at radius 3 is 2.27 bits per heavy atom. The molecule has 30 heavy (non-hydrogen) atoms. The fourth-order valence-electron chi connectivity index (χ4n) is 6.96. The van der Waals surface area contributed by atoms with E-state index in [-0.39, 0.29) is 16.2 Å². The normalized spacial score (nSPS) is 33.0. The van der Waals surface area contributed by atoms with Crippen LogP contribution in [0.3, 0.4) is 0 Å². The van der Waals surface area contributed by atoms with Crippen LogP contribution in [0.5, 0.6) is 5.75 Å². The molecule has 1 amide bonds. The van der Waals surface area contributed by atoms with Gasteiger partial charge in [0, 0.05) is 25.2 Å². The summed E-state index contributed by atoms with van der Waals surface area (Å²) in [5.41, 5.74) is 0.639. The van der Waals surface area contributed by atoms with Gasteiger partial charge in [-0.2, -0.15) is 4.31 Å². The van der Waals surface area contributed by atoms with Crippen LogP contribution in [-0.4, -0.2) is 45.4 Å². The molecule has 1 saturated heterocycles. The summed E-state index contributed by atoms with van der Waals surface area (Å²) in [6, 6.07) is 4.75. The molecule has 0 spiro atoms. The van der Waals surface area contributed by atoms with E-state index in [4.69, 9.17) is 4.74 Å². The number of hydrogen-bond acceptors (Lipinski definition) is 4. The number of methoxy groups -OCH3 is 1. The summed E-state index contributed by atoms with van der Waals surface area (Å²) in [7, 11) is -2.20. The molecule has 4 saturated carbocycles. The topological polar surface area (TPSA) is 75.7 Å². The van der Waals surface area contributed by atoms with Gasteiger partial charge in [-0.15, -0.1) is 0 Å². The van der Waals surface area contributed by atoms with Crippen molar-refractivity contribution in [2.24, 2.45) is 23.2 Å². The van der Waals surface area contributed by atoms with Crippen molar-refractivity contribution in [1.82, 2.24) is 9.62 Å². The quantitative estimate of drug-likeness (QED) is 0.747. The number of carbonyl (C=O) groups excluding carboxylic acids is 1. The maximum atomic E-state index is 13.1. The fourth-order valence-corrected chi connectivity index (χ4v) is 8.66. The fraction of sp³-hybridized carbons (Fsp3) is 0.696. The maximum Gasteiger partial charge on any atom is 0.251 e. The molecule has 5 aliphatic rings. The maximum absolute atomic E-state index is 13.1. The van der Waals surface area contributed by atoms with Crippen LogP contribution >= 0.6 is 0 Å². The van der Waals surface area contributed by atoms with E-state index in [1.54, 1.807) is 12.1 Å². The lowest BCUT2D eigenvalue weighted by molar-refractivity contribution is -0.0503. The molecule has 1 heterocycles. The van der Waals surface area contributed by atoms with Crippen LogP contribution in [0.4, 0.5) is 0 Å². The first kappa shape index (κ1) is 20.3. The zero-order valence-electron chi connectivity index (χ0n) is 17.7. The van der Waals surface area contributed by atoms with Crippen LogP contribution in [0, 0.1) is 23.2 Å². The second-order valence-electron chi connectivity index (χ2n) is 10.1. The van der Waals surface area contributed by atoms with Crippen molar-refractivity contribution in [2.75, 3.05) is 26.7 Å². The number of benzene rings is 1. The monoisotopic (exact) mass is 432 g/mol. The highest BCUT2D eigenvalue weighted by molar-refractivity contribution is 7.89. The number of rotatable bonds is 6. The summed E-state index contributed by atoms with van der Waals surface area (Å²) in [6.07, 6.45) is 9.57. The van der Waals surface area contributed by atoms with E-state index in [0.29, 0.717) is 30.9 Å². The lowest BCUT2D eigenvalue weighted by Crippen LogP contribution is -2.51. The molecule has 0 atom stereocenters. The average molecular weight is 433 g/mol. The van der Waals surface area contributed by atoms with Crippen molar-refractivity contribution < 1.29 is 17.9 Å². The lowest BCUT2D eigenvalue weighted by atomic mass is 9.49. The summed E-state index contributed by atoms with van der Waals surface area (Å²) in [5.74, 6) is 2.62. The predicted octanol–water partition coefficient (Wildman–Crippen LogP) is 3.43. The number of sulfonamides is 1. The summed E-state index contributed by atoms with van der Waals surface area (Å²) in [6.45, 7) is 1.75. The third-order valence-corrected chi connectivity index (χ3v) is 9.82. The number of amides is 1. The molecule has 6 rings (SSSR count). The Kier molecular flexibility index (Phi) is 5.09. The molecule has 6 nitrogen and oxygen atoms in total. The van der Waals surface area contributed by atoms with E-state index in [1.807, 2.05) is 0 Å². The second-order valence-corrected chi connectivity index (χ2v) is 12.0. The summed E-state index contributed by atoms with van der Waals surface area (Å²) in [5, 5.41) is 3.15. The molecule has 5 fully saturated rings.